The van der Waals surface area contributed by atoms with Gasteiger partial charge < -0.3 is 19.7 Å². The van der Waals surface area contributed by atoms with Gasteiger partial charge in [0.2, 0.25) is 11.8 Å². The first-order valence-electron chi connectivity index (χ1n) is 19.4. The van der Waals surface area contributed by atoms with Crippen molar-refractivity contribution in [3.05, 3.63) is 35.4 Å². The summed E-state index contributed by atoms with van der Waals surface area (Å²) in [6, 6.07) is 6.61. The maximum absolute atomic E-state index is 15.1. The smallest absolute Gasteiger partial charge is 0.410 e. The molecule has 2 aliphatic heterocycles. The summed E-state index contributed by atoms with van der Waals surface area (Å²) >= 11 is 0. The van der Waals surface area contributed by atoms with E-state index in [2.05, 4.69) is 28.4 Å². The third-order valence-corrected chi connectivity index (χ3v) is 11.2. The number of carbonyl (C=O) groups excluding carboxylic acids is 4. The van der Waals surface area contributed by atoms with Crippen LogP contribution in [-0.2, 0) is 25.5 Å². The number of piperazine rings is 1. The fraction of sp³-hybridized carbons (Fsp3) is 0.750. The van der Waals surface area contributed by atoms with Crippen molar-refractivity contribution in [2.75, 3.05) is 33.2 Å². The van der Waals surface area contributed by atoms with Gasteiger partial charge in [0.05, 0.1) is 12.1 Å². The third-order valence-electron chi connectivity index (χ3n) is 11.2. The van der Waals surface area contributed by atoms with Gasteiger partial charge in [0.15, 0.2) is 0 Å². The Hall–Kier alpha value is -3.34. The first-order valence-corrected chi connectivity index (χ1v) is 19.4. The maximum atomic E-state index is 15.1. The number of hydrogen-bond acceptors (Lipinski definition) is 7. The van der Waals surface area contributed by atoms with Crippen LogP contribution in [0, 0.1) is 5.92 Å². The summed E-state index contributed by atoms with van der Waals surface area (Å²) in [5.41, 5.74) is 1.03. The fourth-order valence-electron chi connectivity index (χ4n) is 8.41. The van der Waals surface area contributed by atoms with Gasteiger partial charge in [0, 0.05) is 32.7 Å². The average molecular weight is 710 g/mol. The van der Waals surface area contributed by atoms with Gasteiger partial charge in [0.25, 0.3) is 0 Å². The zero-order chi connectivity index (χ0) is 37.1. The Kier molecular flexibility index (Phi) is 12.3. The Morgan fingerprint density at radius 3 is 2.22 bits per heavy atom. The SMILES string of the molecule is C[C@@H](C(=O)N[C@H](C(=O)N1C[C@H]2CCCN2C[C@H]1CN(C(=O)OC(C)(C)C)[C@@H]1CCCc2ccccc21)C1CCCCC1)N(C)C(=O)OC(C)(C)C. The normalized spacial score (nSPS) is 24.1. The highest BCUT2D eigenvalue weighted by Crippen LogP contribution is 2.37. The van der Waals surface area contributed by atoms with Gasteiger partial charge in [0.1, 0.15) is 23.3 Å². The van der Waals surface area contributed by atoms with Crippen molar-refractivity contribution in [1.82, 2.24) is 24.9 Å². The number of hydrogen-bond donors (Lipinski definition) is 1. The van der Waals surface area contributed by atoms with E-state index in [1.165, 1.54) is 10.5 Å². The first kappa shape index (κ1) is 38.9. The summed E-state index contributed by atoms with van der Waals surface area (Å²) in [7, 11) is 1.56. The minimum Gasteiger partial charge on any atom is -0.444 e. The van der Waals surface area contributed by atoms with Crippen molar-refractivity contribution in [2.24, 2.45) is 5.92 Å². The van der Waals surface area contributed by atoms with Gasteiger partial charge in [-0.2, -0.15) is 0 Å². The predicted molar refractivity (Wildman–Crippen MR) is 197 cm³/mol. The zero-order valence-electron chi connectivity index (χ0n) is 32.4. The van der Waals surface area contributed by atoms with E-state index in [1.807, 2.05) is 36.6 Å². The van der Waals surface area contributed by atoms with Crippen LogP contribution in [0.3, 0.4) is 0 Å². The summed E-state index contributed by atoms with van der Waals surface area (Å²) in [6.07, 6.45) is 8.72. The monoisotopic (exact) mass is 709 g/mol. The van der Waals surface area contributed by atoms with Crippen molar-refractivity contribution >= 4 is 24.0 Å². The topological polar surface area (TPSA) is 112 Å². The van der Waals surface area contributed by atoms with Crippen molar-refractivity contribution in [2.45, 2.75) is 154 Å². The highest BCUT2D eigenvalue weighted by Gasteiger charge is 2.45. The predicted octanol–water partition coefficient (Wildman–Crippen LogP) is 6.30. The van der Waals surface area contributed by atoms with Crippen LogP contribution >= 0.6 is 0 Å². The van der Waals surface area contributed by atoms with E-state index in [0.29, 0.717) is 19.6 Å². The summed E-state index contributed by atoms with van der Waals surface area (Å²) in [6.45, 7) is 15.2. The third kappa shape index (κ3) is 9.76. The second-order valence-electron chi connectivity index (χ2n) is 17.3. The molecule has 4 amide bonds. The molecule has 5 atom stereocenters. The molecule has 0 aromatic heterocycles. The van der Waals surface area contributed by atoms with Crippen molar-refractivity contribution in [3.63, 3.8) is 0 Å². The molecule has 4 aliphatic rings. The number of nitrogens with zero attached hydrogens (tertiary/aromatic N) is 4. The second kappa shape index (κ2) is 16.1. The average Bonchev–Trinajstić information content (AvgIpc) is 3.54. The first-order chi connectivity index (χ1) is 24.0. The van der Waals surface area contributed by atoms with Crippen LogP contribution in [0.15, 0.2) is 24.3 Å². The zero-order valence-corrected chi connectivity index (χ0v) is 32.4. The number of ether oxygens (including phenoxy) is 2. The lowest BCUT2D eigenvalue weighted by atomic mass is 9.82. The van der Waals surface area contributed by atoms with Gasteiger partial charge in [-0.05, 0) is 117 Å². The Bertz CT molecular complexity index is 1400. The summed E-state index contributed by atoms with van der Waals surface area (Å²) in [5, 5.41) is 3.15. The van der Waals surface area contributed by atoms with Gasteiger partial charge in [-0.1, -0.05) is 43.5 Å². The van der Waals surface area contributed by atoms with E-state index in [-0.39, 0.29) is 42.0 Å². The molecular formula is C40H63N5O6. The molecule has 0 spiro atoms. The van der Waals surface area contributed by atoms with E-state index < -0.39 is 29.4 Å². The number of fused-ring (bicyclic) bond motifs is 2. The van der Waals surface area contributed by atoms with E-state index in [1.54, 1.807) is 34.7 Å². The summed E-state index contributed by atoms with van der Waals surface area (Å²) < 4.78 is 11.6. The number of aryl methyl sites for hydroxylation is 1. The van der Waals surface area contributed by atoms with Crippen LogP contribution in [0.4, 0.5) is 9.59 Å². The largest absolute Gasteiger partial charge is 0.444 e. The quantitative estimate of drug-likeness (QED) is 0.338. The van der Waals surface area contributed by atoms with Crippen LogP contribution in [0.2, 0.25) is 0 Å². The van der Waals surface area contributed by atoms with E-state index in [4.69, 9.17) is 9.47 Å². The molecule has 3 fully saturated rings. The fourth-order valence-corrected chi connectivity index (χ4v) is 8.41. The van der Waals surface area contributed by atoms with Gasteiger partial charge in [-0.15, -0.1) is 0 Å². The number of rotatable bonds is 8. The molecule has 2 aliphatic carbocycles. The molecule has 2 heterocycles. The lowest BCUT2D eigenvalue weighted by molar-refractivity contribution is -0.145. The van der Waals surface area contributed by atoms with Crippen molar-refractivity contribution in [1.29, 1.82) is 0 Å². The molecule has 0 radical (unpaired) electrons. The van der Waals surface area contributed by atoms with Crippen molar-refractivity contribution < 1.29 is 28.7 Å². The van der Waals surface area contributed by atoms with Crippen LogP contribution in [-0.4, -0.2) is 112 Å². The number of likely N-dealkylation sites (N-methyl/N-ethyl adjacent to an activating group) is 1. The van der Waals surface area contributed by atoms with E-state index in [9.17, 15) is 14.4 Å². The molecule has 0 bridgehead atoms. The molecule has 1 N–H and O–H groups in total. The Labute approximate surface area is 305 Å². The number of amides is 4. The number of carbonyl (C=O) groups is 4. The highest BCUT2D eigenvalue weighted by molar-refractivity contribution is 5.91. The number of nitrogens with one attached hydrogen (secondary N) is 1. The van der Waals surface area contributed by atoms with Crippen LogP contribution in [0.5, 0.6) is 0 Å². The van der Waals surface area contributed by atoms with Crippen molar-refractivity contribution in [3.8, 4) is 0 Å². The van der Waals surface area contributed by atoms with Crippen LogP contribution in [0.25, 0.3) is 0 Å². The summed E-state index contributed by atoms with van der Waals surface area (Å²) in [4.78, 5) is 63.6. The van der Waals surface area contributed by atoms with E-state index in [0.717, 1.165) is 76.3 Å². The summed E-state index contributed by atoms with van der Waals surface area (Å²) in [5.74, 6) is -0.478. The molecular weight excluding hydrogens is 646 g/mol. The van der Waals surface area contributed by atoms with Crippen LogP contribution in [0.1, 0.15) is 123 Å². The van der Waals surface area contributed by atoms with Gasteiger partial charge in [-0.25, -0.2) is 9.59 Å². The van der Waals surface area contributed by atoms with Gasteiger partial charge >= 0.3 is 12.2 Å². The molecule has 1 saturated carbocycles. The minimum atomic E-state index is -0.838. The lowest BCUT2D eigenvalue weighted by Crippen LogP contribution is -2.66. The Balaban J connectivity index is 1.44. The molecule has 2 saturated heterocycles. The molecule has 51 heavy (non-hydrogen) atoms. The van der Waals surface area contributed by atoms with Crippen LogP contribution < -0.4 is 5.32 Å². The van der Waals surface area contributed by atoms with E-state index >= 15 is 4.79 Å². The molecule has 11 nitrogen and oxygen atoms in total. The molecule has 1 aromatic rings. The minimum absolute atomic E-state index is 0.0105. The second-order valence-corrected chi connectivity index (χ2v) is 17.3. The molecule has 5 rings (SSSR count). The molecule has 1 aromatic carbocycles. The number of benzene rings is 1. The Morgan fingerprint density at radius 1 is 0.863 bits per heavy atom. The highest BCUT2D eigenvalue weighted by atomic mass is 16.6. The van der Waals surface area contributed by atoms with Gasteiger partial charge in [-0.3, -0.25) is 24.3 Å². The molecule has 0 unspecified atom stereocenters. The molecule has 284 valence electrons. The standard InChI is InChI=1S/C40H63N5O6/c1-27(42(8)37(48)50-39(2,3)4)35(46)41-34(29-17-10-9-11-18-29)36(47)44-25-30-20-15-23-43(30)24-31(44)26-45(38(49)51-40(5,6)7)33-22-14-19-28-16-12-13-21-32(28)33/h12-13,16,21,27,29-31,33-34H,9-11,14-15,17-20,22-26H2,1-8H3,(H,41,46)/t27-,30+,31-,33+,34-/m0/s1. The maximum Gasteiger partial charge on any atom is 0.410 e. The lowest BCUT2D eigenvalue weighted by Gasteiger charge is -2.48. The molecule has 11 heteroatoms. The Morgan fingerprint density at radius 2 is 1.53 bits per heavy atom.